The van der Waals surface area contributed by atoms with E-state index in [0.29, 0.717) is 22.8 Å². The Morgan fingerprint density at radius 3 is 2.83 bits per heavy atom. The summed E-state index contributed by atoms with van der Waals surface area (Å²) in [6.45, 7) is 1.55. The van der Waals surface area contributed by atoms with Crippen LogP contribution < -0.4 is 10.5 Å². The standard InChI is InChI=1S/C12H14N4O2/c1-7-11(16-9(6-17)12(13)15-7)8-3-4-14-5-10(8)18-2/h3-5,17H,6H2,1-2H3,(H2,13,15). The summed E-state index contributed by atoms with van der Waals surface area (Å²) in [5, 5.41) is 9.18. The number of aromatic nitrogens is 3. The van der Waals surface area contributed by atoms with Gasteiger partial charge in [0.15, 0.2) is 0 Å². The molecule has 2 heterocycles. The van der Waals surface area contributed by atoms with Gasteiger partial charge in [-0.1, -0.05) is 0 Å². The van der Waals surface area contributed by atoms with E-state index < -0.39 is 0 Å². The number of anilines is 1. The van der Waals surface area contributed by atoms with Crippen LogP contribution in [0.5, 0.6) is 5.75 Å². The minimum atomic E-state index is -0.250. The van der Waals surface area contributed by atoms with Gasteiger partial charge in [0, 0.05) is 11.8 Å². The fourth-order valence-electron chi connectivity index (χ4n) is 1.68. The Morgan fingerprint density at radius 1 is 1.39 bits per heavy atom. The summed E-state index contributed by atoms with van der Waals surface area (Å²) in [5.41, 5.74) is 8.11. The molecule has 6 nitrogen and oxygen atoms in total. The third-order valence-electron chi connectivity index (χ3n) is 2.58. The average molecular weight is 246 g/mol. The van der Waals surface area contributed by atoms with Gasteiger partial charge in [-0.05, 0) is 13.0 Å². The topological polar surface area (TPSA) is 94.2 Å². The van der Waals surface area contributed by atoms with E-state index in [1.807, 2.05) is 0 Å². The average Bonchev–Trinajstić information content (AvgIpc) is 2.39. The number of nitrogens with zero attached hydrogens (tertiary/aromatic N) is 3. The van der Waals surface area contributed by atoms with Crippen LogP contribution in [0.25, 0.3) is 11.3 Å². The van der Waals surface area contributed by atoms with E-state index >= 15 is 0 Å². The first-order valence-electron chi connectivity index (χ1n) is 5.39. The fourth-order valence-corrected chi connectivity index (χ4v) is 1.68. The van der Waals surface area contributed by atoms with Crippen molar-refractivity contribution in [3.63, 3.8) is 0 Å². The van der Waals surface area contributed by atoms with Gasteiger partial charge in [0.2, 0.25) is 0 Å². The molecule has 18 heavy (non-hydrogen) atoms. The summed E-state index contributed by atoms with van der Waals surface area (Å²) in [6, 6.07) is 1.78. The van der Waals surface area contributed by atoms with Gasteiger partial charge in [-0.15, -0.1) is 0 Å². The molecule has 3 N–H and O–H groups in total. The number of hydrogen-bond donors (Lipinski definition) is 2. The molecule has 94 valence electrons. The second-order valence-electron chi connectivity index (χ2n) is 3.72. The number of nitrogen functional groups attached to an aromatic ring is 1. The lowest BCUT2D eigenvalue weighted by Gasteiger charge is -2.11. The molecule has 2 aromatic rings. The highest BCUT2D eigenvalue weighted by Crippen LogP contribution is 2.29. The van der Waals surface area contributed by atoms with E-state index in [1.54, 1.807) is 32.5 Å². The highest BCUT2D eigenvalue weighted by atomic mass is 16.5. The second kappa shape index (κ2) is 4.97. The Kier molecular flexibility index (Phi) is 3.38. The highest BCUT2D eigenvalue weighted by Gasteiger charge is 2.13. The molecule has 2 aromatic heterocycles. The van der Waals surface area contributed by atoms with Gasteiger partial charge in [-0.25, -0.2) is 9.97 Å². The molecule has 6 heteroatoms. The molecular formula is C12H14N4O2. The minimum Gasteiger partial charge on any atom is -0.494 e. The van der Waals surface area contributed by atoms with Crippen molar-refractivity contribution in [3.8, 4) is 17.0 Å². The van der Waals surface area contributed by atoms with E-state index in [4.69, 9.17) is 10.5 Å². The smallest absolute Gasteiger partial charge is 0.147 e. The lowest BCUT2D eigenvalue weighted by molar-refractivity contribution is 0.277. The Morgan fingerprint density at radius 2 is 2.17 bits per heavy atom. The number of hydrogen-bond acceptors (Lipinski definition) is 6. The second-order valence-corrected chi connectivity index (χ2v) is 3.72. The molecule has 0 spiro atoms. The maximum atomic E-state index is 9.18. The first kappa shape index (κ1) is 12.3. The van der Waals surface area contributed by atoms with Crippen molar-refractivity contribution < 1.29 is 9.84 Å². The number of aryl methyl sites for hydroxylation is 1. The van der Waals surface area contributed by atoms with Gasteiger partial charge in [0.05, 0.1) is 31.3 Å². The number of nitrogens with two attached hydrogens (primary N) is 1. The molecule has 0 unspecified atom stereocenters. The van der Waals surface area contributed by atoms with Crippen molar-refractivity contribution in [1.82, 2.24) is 15.0 Å². The zero-order valence-corrected chi connectivity index (χ0v) is 10.2. The summed E-state index contributed by atoms with van der Waals surface area (Å²) in [4.78, 5) is 12.5. The molecule has 0 radical (unpaired) electrons. The Labute approximate surface area is 104 Å². The van der Waals surface area contributed by atoms with Crippen molar-refractivity contribution in [3.05, 3.63) is 29.8 Å². The number of rotatable bonds is 3. The number of methoxy groups -OCH3 is 1. The molecule has 0 aromatic carbocycles. The largest absolute Gasteiger partial charge is 0.494 e. The molecule has 0 aliphatic heterocycles. The normalized spacial score (nSPS) is 10.4. The molecule has 0 bridgehead atoms. The van der Waals surface area contributed by atoms with Crippen LogP contribution in [-0.2, 0) is 6.61 Å². The zero-order valence-electron chi connectivity index (χ0n) is 10.2. The van der Waals surface area contributed by atoms with Gasteiger partial charge >= 0.3 is 0 Å². The van der Waals surface area contributed by atoms with Crippen molar-refractivity contribution in [2.24, 2.45) is 0 Å². The van der Waals surface area contributed by atoms with E-state index in [-0.39, 0.29) is 12.4 Å². The predicted octanol–water partition coefficient (Wildman–Crippen LogP) is 0.930. The SMILES string of the molecule is COc1cnccc1-c1nc(CO)c(N)nc1C. The minimum absolute atomic E-state index is 0.242. The predicted molar refractivity (Wildman–Crippen MR) is 66.9 cm³/mol. The maximum Gasteiger partial charge on any atom is 0.147 e. The molecule has 0 aliphatic carbocycles. The van der Waals surface area contributed by atoms with Crippen LogP contribution in [0.4, 0.5) is 5.82 Å². The molecular weight excluding hydrogens is 232 g/mol. The van der Waals surface area contributed by atoms with Gasteiger partial charge in [0.1, 0.15) is 17.3 Å². The monoisotopic (exact) mass is 246 g/mol. The fraction of sp³-hybridized carbons (Fsp3) is 0.250. The first-order chi connectivity index (χ1) is 8.67. The third-order valence-corrected chi connectivity index (χ3v) is 2.58. The lowest BCUT2D eigenvalue weighted by atomic mass is 10.1. The van der Waals surface area contributed by atoms with Crippen LogP contribution in [0.2, 0.25) is 0 Å². The van der Waals surface area contributed by atoms with E-state index in [9.17, 15) is 5.11 Å². The molecule has 0 fully saturated rings. The third kappa shape index (κ3) is 2.10. The molecule has 0 aliphatic rings. The van der Waals surface area contributed by atoms with Crippen molar-refractivity contribution >= 4 is 5.82 Å². The highest BCUT2D eigenvalue weighted by molar-refractivity contribution is 5.69. The molecule has 0 saturated carbocycles. The molecule has 2 rings (SSSR count). The Bertz CT molecular complexity index is 572. The maximum absolute atomic E-state index is 9.18. The summed E-state index contributed by atoms with van der Waals surface area (Å²) in [6.07, 6.45) is 3.25. The van der Waals surface area contributed by atoms with Gasteiger partial charge in [-0.2, -0.15) is 0 Å². The summed E-state index contributed by atoms with van der Waals surface area (Å²) in [7, 11) is 1.56. The quantitative estimate of drug-likeness (QED) is 0.836. The van der Waals surface area contributed by atoms with Gasteiger partial charge in [-0.3, -0.25) is 4.98 Å². The molecule has 0 atom stereocenters. The van der Waals surface area contributed by atoms with Crippen molar-refractivity contribution in [2.45, 2.75) is 13.5 Å². The number of aliphatic hydroxyl groups is 1. The van der Waals surface area contributed by atoms with Crippen molar-refractivity contribution in [2.75, 3.05) is 12.8 Å². The van der Waals surface area contributed by atoms with E-state index in [1.165, 1.54) is 0 Å². The van der Waals surface area contributed by atoms with Crippen LogP contribution >= 0.6 is 0 Å². The van der Waals surface area contributed by atoms with Crippen LogP contribution in [0, 0.1) is 6.92 Å². The number of pyridine rings is 1. The summed E-state index contributed by atoms with van der Waals surface area (Å²) >= 11 is 0. The van der Waals surface area contributed by atoms with Crippen LogP contribution in [0.3, 0.4) is 0 Å². The van der Waals surface area contributed by atoms with Crippen LogP contribution in [-0.4, -0.2) is 27.2 Å². The lowest BCUT2D eigenvalue weighted by Crippen LogP contribution is -2.05. The zero-order chi connectivity index (χ0) is 13.1. The number of ether oxygens (including phenoxy) is 1. The molecule has 0 amide bonds. The summed E-state index contributed by atoms with van der Waals surface area (Å²) in [5.74, 6) is 0.843. The molecule has 0 saturated heterocycles. The number of aliphatic hydroxyl groups excluding tert-OH is 1. The van der Waals surface area contributed by atoms with Crippen molar-refractivity contribution in [1.29, 1.82) is 0 Å². The Balaban J connectivity index is 2.63. The van der Waals surface area contributed by atoms with Crippen LogP contribution in [0.1, 0.15) is 11.4 Å². The van der Waals surface area contributed by atoms with Gasteiger partial charge in [0.25, 0.3) is 0 Å². The summed E-state index contributed by atoms with van der Waals surface area (Å²) < 4.78 is 5.23. The first-order valence-corrected chi connectivity index (χ1v) is 5.39. The van der Waals surface area contributed by atoms with E-state index in [0.717, 1.165) is 5.56 Å². The van der Waals surface area contributed by atoms with E-state index in [2.05, 4.69) is 15.0 Å². The Hall–Kier alpha value is -2.21. The van der Waals surface area contributed by atoms with Gasteiger partial charge < -0.3 is 15.6 Å². The van der Waals surface area contributed by atoms with Crippen LogP contribution in [0.15, 0.2) is 18.5 Å².